The highest BCUT2D eigenvalue weighted by atomic mass is 127. The normalized spacial score (nSPS) is 12.1. The van der Waals surface area contributed by atoms with Gasteiger partial charge in [-0.15, -0.1) is 24.0 Å². The van der Waals surface area contributed by atoms with E-state index >= 15 is 0 Å². The highest BCUT2D eigenvalue weighted by Gasteiger charge is 2.21. The van der Waals surface area contributed by atoms with Gasteiger partial charge in [-0.2, -0.15) is 0 Å². The molecule has 29 heavy (non-hydrogen) atoms. The Kier molecular flexibility index (Phi) is 11.7. The van der Waals surface area contributed by atoms with Gasteiger partial charge in [-0.05, 0) is 44.9 Å². The number of carbonyl (C=O) groups is 1. The van der Waals surface area contributed by atoms with Crippen LogP contribution in [-0.4, -0.2) is 70.7 Å². The van der Waals surface area contributed by atoms with Gasteiger partial charge in [-0.3, -0.25) is 9.79 Å². The number of amides is 1. The van der Waals surface area contributed by atoms with E-state index in [1.807, 2.05) is 31.2 Å². The molecule has 3 N–H and O–H groups in total. The summed E-state index contributed by atoms with van der Waals surface area (Å²) in [6, 6.07) is 7.57. The molecule has 0 aromatic heterocycles. The second kappa shape index (κ2) is 12.3. The molecule has 8 nitrogen and oxygen atoms in total. The first-order valence-corrected chi connectivity index (χ1v) is 11.1. The summed E-state index contributed by atoms with van der Waals surface area (Å²) < 4.78 is 25.5. The number of hydrogen-bond donors (Lipinski definition) is 3. The molecule has 0 radical (unpaired) electrons. The first kappa shape index (κ1) is 27.6. The zero-order valence-electron chi connectivity index (χ0n) is 18.1. The van der Waals surface area contributed by atoms with Crippen molar-refractivity contribution in [3.8, 4) is 0 Å². The smallest absolute Gasteiger partial charge is 0.253 e. The van der Waals surface area contributed by atoms with Crippen molar-refractivity contribution in [2.75, 3.05) is 40.0 Å². The lowest BCUT2D eigenvalue weighted by molar-refractivity contribution is 0.0827. The van der Waals surface area contributed by atoms with Crippen LogP contribution in [0.1, 0.15) is 36.7 Å². The van der Waals surface area contributed by atoms with E-state index in [4.69, 9.17) is 0 Å². The molecule has 0 saturated heterocycles. The van der Waals surface area contributed by atoms with E-state index in [1.54, 1.807) is 32.8 Å². The van der Waals surface area contributed by atoms with E-state index < -0.39 is 15.6 Å². The number of nitrogens with one attached hydrogen (secondary N) is 3. The number of carbonyl (C=O) groups excluding carboxylic acids is 1. The van der Waals surface area contributed by atoms with Crippen molar-refractivity contribution in [3.63, 3.8) is 0 Å². The Labute approximate surface area is 192 Å². The molecule has 0 heterocycles. The molecule has 10 heteroatoms. The van der Waals surface area contributed by atoms with E-state index in [2.05, 4.69) is 20.3 Å². The summed E-state index contributed by atoms with van der Waals surface area (Å²) >= 11 is 0. The minimum absolute atomic E-state index is 0. The number of guanidine groups is 1. The summed E-state index contributed by atoms with van der Waals surface area (Å²) in [6.45, 7) is 7.16. The monoisotopic (exact) mass is 539 g/mol. The fraction of sp³-hybridized carbons (Fsp3) is 0.579. The lowest BCUT2D eigenvalue weighted by Crippen LogP contribution is -2.47. The van der Waals surface area contributed by atoms with Crippen LogP contribution in [0.15, 0.2) is 29.3 Å². The summed E-state index contributed by atoms with van der Waals surface area (Å²) in [6.07, 6.45) is 1.86. The number of aliphatic imine (C=N–C) groups is 1. The van der Waals surface area contributed by atoms with E-state index in [9.17, 15) is 13.2 Å². The molecule has 1 aromatic carbocycles. The van der Waals surface area contributed by atoms with Crippen molar-refractivity contribution in [1.29, 1.82) is 0 Å². The summed E-state index contributed by atoms with van der Waals surface area (Å²) in [4.78, 5) is 18.1. The first-order chi connectivity index (χ1) is 12.9. The quantitative estimate of drug-likeness (QED) is 0.251. The molecular weight excluding hydrogens is 505 g/mol. The van der Waals surface area contributed by atoms with Crippen molar-refractivity contribution >= 4 is 45.9 Å². The van der Waals surface area contributed by atoms with Crippen LogP contribution >= 0.6 is 24.0 Å². The number of rotatable bonds is 9. The van der Waals surface area contributed by atoms with Gasteiger partial charge in [0.1, 0.15) is 0 Å². The summed E-state index contributed by atoms with van der Waals surface area (Å²) in [7, 11) is 0.161. The van der Waals surface area contributed by atoms with Gasteiger partial charge >= 0.3 is 0 Å². The van der Waals surface area contributed by atoms with E-state index in [1.165, 1.54) is 0 Å². The third kappa shape index (κ3) is 11.4. The Morgan fingerprint density at radius 1 is 1.21 bits per heavy atom. The number of nitrogens with zero attached hydrogens (tertiary/aromatic N) is 2. The maximum Gasteiger partial charge on any atom is 0.253 e. The topological polar surface area (TPSA) is 103 Å². The molecule has 0 aliphatic carbocycles. The van der Waals surface area contributed by atoms with Crippen molar-refractivity contribution < 1.29 is 13.2 Å². The third-order valence-corrected chi connectivity index (χ3v) is 4.65. The van der Waals surface area contributed by atoms with Gasteiger partial charge in [0.05, 0.1) is 12.8 Å². The molecule has 1 rings (SSSR count). The molecule has 0 unspecified atom stereocenters. The Balaban J connectivity index is 0.00000784. The largest absolute Gasteiger partial charge is 0.357 e. The maximum atomic E-state index is 12.1. The van der Waals surface area contributed by atoms with E-state index in [-0.39, 0.29) is 29.9 Å². The second-order valence-electron chi connectivity index (χ2n) is 7.53. The van der Waals surface area contributed by atoms with Gasteiger partial charge in [-0.25, -0.2) is 13.1 Å². The van der Waals surface area contributed by atoms with Crippen LogP contribution in [0.2, 0.25) is 0 Å². The first-order valence-electron chi connectivity index (χ1n) is 9.25. The van der Waals surface area contributed by atoms with Crippen LogP contribution in [0, 0.1) is 0 Å². The molecule has 0 fully saturated rings. The van der Waals surface area contributed by atoms with E-state index in [0.29, 0.717) is 31.2 Å². The van der Waals surface area contributed by atoms with Crippen molar-refractivity contribution in [2.24, 2.45) is 4.99 Å². The van der Waals surface area contributed by atoms with Crippen molar-refractivity contribution in [3.05, 3.63) is 35.4 Å². The molecule has 0 atom stereocenters. The van der Waals surface area contributed by atoms with Gasteiger partial charge in [0, 0.05) is 38.3 Å². The third-order valence-electron chi connectivity index (χ3n) is 3.72. The average molecular weight is 539 g/mol. The molecule has 1 amide bonds. The van der Waals surface area contributed by atoms with Gasteiger partial charge in [0.2, 0.25) is 10.0 Å². The average Bonchev–Trinajstić information content (AvgIpc) is 2.57. The molecule has 1 aromatic rings. The van der Waals surface area contributed by atoms with Crippen LogP contribution in [0.4, 0.5) is 0 Å². The predicted molar refractivity (Wildman–Crippen MR) is 130 cm³/mol. The number of sulfonamides is 1. The molecule has 0 aliphatic heterocycles. The SMILES string of the molecule is CCNC(=NCC(C)(C)NS(C)(=O)=O)NCCc1cccc(C(=O)N(C)C)c1.I. The van der Waals surface area contributed by atoms with Gasteiger partial charge in [0.25, 0.3) is 5.91 Å². The highest BCUT2D eigenvalue weighted by molar-refractivity contribution is 14.0. The molecule has 0 bridgehead atoms. The Hall–Kier alpha value is -1.40. The molecule has 166 valence electrons. The Bertz CT molecular complexity index is 795. The minimum Gasteiger partial charge on any atom is -0.357 e. The van der Waals surface area contributed by atoms with Crippen LogP contribution in [0.25, 0.3) is 0 Å². The fourth-order valence-corrected chi connectivity index (χ4v) is 3.66. The van der Waals surface area contributed by atoms with Gasteiger partial charge in [0.15, 0.2) is 5.96 Å². The summed E-state index contributed by atoms with van der Waals surface area (Å²) in [5.41, 5.74) is 1.03. The minimum atomic E-state index is -3.30. The summed E-state index contributed by atoms with van der Waals surface area (Å²) in [5, 5.41) is 6.39. The number of hydrogen-bond acceptors (Lipinski definition) is 4. The fourth-order valence-electron chi connectivity index (χ4n) is 2.60. The lowest BCUT2D eigenvalue weighted by Gasteiger charge is -2.23. The molecule has 0 aliphatic rings. The molecular formula is C19H34IN5O3S. The van der Waals surface area contributed by atoms with Gasteiger partial charge in [-0.1, -0.05) is 12.1 Å². The Morgan fingerprint density at radius 2 is 1.86 bits per heavy atom. The van der Waals surface area contributed by atoms with Crippen LogP contribution in [0.5, 0.6) is 0 Å². The number of benzene rings is 1. The van der Waals surface area contributed by atoms with E-state index in [0.717, 1.165) is 18.2 Å². The Morgan fingerprint density at radius 3 is 2.41 bits per heavy atom. The highest BCUT2D eigenvalue weighted by Crippen LogP contribution is 2.08. The van der Waals surface area contributed by atoms with Crippen LogP contribution in [0.3, 0.4) is 0 Å². The second-order valence-corrected chi connectivity index (χ2v) is 9.28. The predicted octanol–water partition coefficient (Wildman–Crippen LogP) is 1.43. The zero-order chi connectivity index (χ0) is 21.4. The molecule has 0 saturated carbocycles. The maximum absolute atomic E-state index is 12.1. The van der Waals surface area contributed by atoms with Gasteiger partial charge < -0.3 is 15.5 Å². The van der Waals surface area contributed by atoms with Crippen molar-refractivity contribution in [1.82, 2.24) is 20.3 Å². The van der Waals surface area contributed by atoms with Crippen molar-refractivity contribution in [2.45, 2.75) is 32.7 Å². The van der Waals surface area contributed by atoms with Crippen LogP contribution in [-0.2, 0) is 16.4 Å². The summed E-state index contributed by atoms with van der Waals surface area (Å²) in [5.74, 6) is 0.594. The number of halogens is 1. The molecule has 0 spiro atoms. The standard InChI is InChI=1S/C19H33N5O3S.HI/c1-7-20-18(22-14-19(2,3)23-28(6,26)27)21-12-11-15-9-8-10-16(13-15)17(25)24(4)5;/h8-10,13,23H,7,11-12,14H2,1-6H3,(H2,20,21,22);1H. The lowest BCUT2D eigenvalue weighted by atomic mass is 10.1. The zero-order valence-corrected chi connectivity index (χ0v) is 21.2. The van der Waals surface area contributed by atoms with Crippen LogP contribution < -0.4 is 15.4 Å².